The Hall–Kier alpha value is -2.82. The van der Waals surface area contributed by atoms with E-state index >= 15 is 0 Å². The maximum absolute atomic E-state index is 12.0. The van der Waals surface area contributed by atoms with Crippen molar-refractivity contribution in [2.24, 2.45) is 21.5 Å². The molecule has 10 N–H and O–H groups in total. The molecule has 1 amide bonds. The number of nitrogens with one attached hydrogen (secondary N) is 2. The van der Waals surface area contributed by atoms with Crippen LogP contribution < -0.4 is 33.8 Å². The van der Waals surface area contributed by atoms with Crippen LogP contribution in [0.5, 0.6) is 0 Å². The van der Waals surface area contributed by atoms with Gasteiger partial charge in [-0.25, -0.2) is 9.97 Å². The normalized spacial score (nSPS) is 12.1. The van der Waals surface area contributed by atoms with E-state index in [1.54, 1.807) is 0 Å². The molecule has 1 heterocycles. The molecule has 0 aliphatic heterocycles. The number of halogens is 1. The minimum atomic E-state index is -0.721. The highest BCUT2D eigenvalue weighted by atomic mass is 35.5. The molecule has 0 aliphatic rings. The molecule has 0 spiro atoms. The molecule has 144 valence electrons. The number of guanidine groups is 2. The second-order valence-corrected chi connectivity index (χ2v) is 5.72. The summed E-state index contributed by atoms with van der Waals surface area (Å²) in [5, 5.41) is -0.138. The number of anilines is 2. The Morgan fingerprint density at radius 1 is 1.08 bits per heavy atom. The Morgan fingerprint density at radius 3 is 2.46 bits per heavy atom. The number of aromatic nitrogens is 2. The van der Waals surface area contributed by atoms with Gasteiger partial charge in [-0.1, -0.05) is 44.2 Å². The van der Waals surface area contributed by atoms with E-state index in [0.717, 1.165) is 12.8 Å². The van der Waals surface area contributed by atoms with Gasteiger partial charge in [-0.05, 0) is 6.42 Å². The molecule has 0 saturated heterocycles. The lowest BCUT2D eigenvalue weighted by molar-refractivity contribution is 0.0939. The molecule has 1 aromatic rings. The summed E-state index contributed by atoms with van der Waals surface area (Å²) in [5.74, 6) is -1.12. The molecule has 1 rings (SSSR count). The standard InChI is InChI=1S/C14H25ClN10O/c1-2-3-4-5-6-7-20-13(18)23-14(19)25-24-12(26)8-10(16)22-11(17)9(15)21-8/h2-7H2,1H3,(H,24,26)(H4,16,17,22)(H5,18,19,20,23,25). The van der Waals surface area contributed by atoms with Gasteiger partial charge in [0.2, 0.25) is 11.9 Å². The van der Waals surface area contributed by atoms with Crippen LogP contribution in [0.2, 0.25) is 5.15 Å². The number of amides is 1. The lowest BCUT2D eigenvalue weighted by atomic mass is 10.2. The van der Waals surface area contributed by atoms with Crippen LogP contribution in [0.3, 0.4) is 0 Å². The summed E-state index contributed by atoms with van der Waals surface area (Å²) in [6.45, 7) is 2.72. The van der Waals surface area contributed by atoms with Crippen LogP contribution in [-0.4, -0.2) is 34.3 Å². The molecule has 0 bridgehead atoms. The fourth-order valence-electron chi connectivity index (χ4n) is 1.88. The van der Waals surface area contributed by atoms with Crippen molar-refractivity contribution in [1.82, 2.24) is 20.8 Å². The Kier molecular flexibility index (Phi) is 8.92. The van der Waals surface area contributed by atoms with Gasteiger partial charge in [0.1, 0.15) is 0 Å². The predicted molar refractivity (Wildman–Crippen MR) is 103 cm³/mol. The molecule has 0 aliphatic carbocycles. The molecule has 26 heavy (non-hydrogen) atoms. The van der Waals surface area contributed by atoms with Gasteiger partial charge in [0, 0.05) is 6.54 Å². The van der Waals surface area contributed by atoms with Crippen LogP contribution in [0, 0.1) is 0 Å². The summed E-state index contributed by atoms with van der Waals surface area (Å²) in [6.07, 6.45) is 5.58. The first-order valence-corrected chi connectivity index (χ1v) is 8.51. The van der Waals surface area contributed by atoms with Crippen molar-refractivity contribution < 1.29 is 4.79 Å². The number of nitrogen functional groups attached to an aromatic ring is 2. The highest BCUT2D eigenvalue weighted by Gasteiger charge is 2.15. The number of rotatable bonds is 7. The van der Waals surface area contributed by atoms with Gasteiger partial charge in [0.15, 0.2) is 22.5 Å². The summed E-state index contributed by atoms with van der Waals surface area (Å²) in [4.78, 5) is 27.3. The summed E-state index contributed by atoms with van der Waals surface area (Å²) >= 11 is 5.71. The molecule has 0 radical (unpaired) electrons. The zero-order chi connectivity index (χ0) is 19.5. The highest BCUT2D eigenvalue weighted by molar-refractivity contribution is 6.31. The summed E-state index contributed by atoms with van der Waals surface area (Å²) < 4.78 is 0. The smallest absolute Gasteiger partial charge is 0.292 e. The van der Waals surface area contributed by atoms with Crippen molar-refractivity contribution in [2.45, 2.75) is 39.0 Å². The average molecular weight is 385 g/mol. The van der Waals surface area contributed by atoms with E-state index in [2.05, 4.69) is 37.7 Å². The SMILES string of the molecule is CCCCCCCN=C(N)/N=C(\N)NNC(=O)c1nc(Cl)c(N)nc1N. The maximum atomic E-state index is 12.0. The highest BCUT2D eigenvalue weighted by Crippen LogP contribution is 2.16. The van der Waals surface area contributed by atoms with Crippen molar-refractivity contribution in [3.8, 4) is 0 Å². The zero-order valence-electron chi connectivity index (χ0n) is 14.6. The maximum Gasteiger partial charge on any atom is 0.292 e. The lowest BCUT2D eigenvalue weighted by Crippen LogP contribution is -2.46. The van der Waals surface area contributed by atoms with Crippen LogP contribution in [0.15, 0.2) is 9.98 Å². The van der Waals surface area contributed by atoms with Crippen molar-refractivity contribution in [3.63, 3.8) is 0 Å². The van der Waals surface area contributed by atoms with Gasteiger partial charge in [-0.3, -0.25) is 20.6 Å². The van der Waals surface area contributed by atoms with Gasteiger partial charge in [0.25, 0.3) is 5.91 Å². The first-order chi connectivity index (χ1) is 12.3. The van der Waals surface area contributed by atoms with Crippen molar-refractivity contribution in [3.05, 3.63) is 10.8 Å². The number of unbranched alkanes of at least 4 members (excludes halogenated alkanes) is 4. The molecule has 11 nitrogen and oxygen atoms in total. The van der Waals surface area contributed by atoms with E-state index in [1.807, 2.05) is 0 Å². The monoisotopic (exact) mass is 384 g/mol. The van der Waals surface area contributed by atoms with Gasteiger partial charge in [-0.15, -0.1) is 0 Å². The molecule has 1 aromatic heterocycles. The van der Waals surface area contributed by atoms with E-state index in [4.69, 9.17) is 34.5 Å². The molecular formula is C14H25ClN10O. The fraction of sp³-hybridized carbons (Fsp3) is 0.500. The molecular weight excluding hydrogens is 360 g/mol. The molecule has 0 fully saturated rings. The minimum Gasteiger partial charge on any atom is -0.382 e. The molecule has 12 heteroatoms. The molecule has 0 saturated carbocycles. The van der Waals surface area contributed by atoms with Crippen LogP contribution in [0.1, 0.15) is 49.5 Å². The summed E-state index contributed by atoms with van der Waals surface area (Å²) in [6, 6.07) is 0. The van der Waals surface area contributed by atoms with Crippen LogP contribution in [-0.2, 0) is 0 Å². The van der Waals surface area contributed by atoms with Crippen LogP contribution in [0.25, 0.3) is 0 Å². The van der Waals surface area contributed by atoms with Gasteiger partial charge in [-0.2, -0.15) is 4.99 Å². The predicted octanol–water partition coefficient (Wildman–Crippen LogP) is 0.129. The van der Waals surface area contributed by atoms with E-state index in [1.165, 1.54) is 19.3 Å². The summed E-state index contributed by atoms with van der Waals surface area (Å²) in [5.41, 5.74) is 26.7. The van der Waals surface area contributed by atoms with E-state index < -0.39 is 5.91 Å². The van der Waals surface area contributed by atoms with E-state index in [0.29, 0.717) is 6.54 Å². The Bertz CT molecular complexity index is 676. The van der Waals surface area contributed by atoms with Gasteiger partial charge in [0.05, 0.1) is 0 Å². The molecule has 0 aromatic carbocycles. The van der Waals surface area contributed by atoms with Crippen molar-refractivity contribution in [2.75, 3.05) is 18.0 Å². The minimum absolute atomic E-state index is 0.00887. The Labute approximate surface area is 156 Å². The number of hydrogen-bond donors (Lipinski definition) is 6. The van der Waals surface area contributed by atoms with E-state index in [9.17, 15) is 4.79 Å². The topological polar surface area (TPSA) is 196 Å². The molecule has 0 atom stereocenters. The number of carbonyl (C=O) groups excluding carboxylic acids is 1. The number of nitrogens with two attached hydrogens (primary N) is 4. The first-order valence-electron chi connectivity index (χ1n) is 8.14. The third-order valence-corrected chi connectivity index (χ3v) is 3.47. The first kappa shape index (κ1) is 21.2. The summed E-state index contributed by atoms with van der Waals surface area (Å²) in [7, 11) is 0. The third-order valence-electron chi connectivity index (χ3n) is 3.19. The third kappa shape index (κ3) is 7.38. The Balaban J connectivity index is 2.49. The van der Waals surface area contributed by atoms with Crippen molar-refractivity contribution >= 4 is 41.1 Å². The number of hydrogen-bond acceptors (Lipinski definition) is 6. The van der Waals surface area contributed by atoms with Crippen LogP contribution in [0.4, 0.5) is 11.6 Å². The average Bonchev–Trinajstić information content (AvgIpc) is 2.59. The molecule has 0 unspecified atom stereocenters. The lowest BCUT2D eigenvalue weighted by Gasteiger charge is -2.09. The fourth-order valence-corrected chi connectivity index (χ4v) is 2.01. The van der Waals surface area contributed by atoms with Gasteiger partial charge >= 0.3 is 0 Å². The second-order valence-electron chi connectivity index (χ2n) is 5.36. The number of carbonyl (C=O) groups is 1. The van der Waals surface area contributed by atoms with Crippen molar-refractivity contribution in [1.29, 1.82) is 0 Å². The van der Waals surface area contributed by atoms with E-state index in [-0.39, 0.29) is 34.4 Å². The number of hydrazine groups is 1. The quantitative estimate of drug-likeness (QED) is 0.165. The zero-order valence-corrected chi connectivity index (χ0v) is 15.4. The number of aliphatic imine (C=N–C) groups is 2. The largest absolute Gasteiger partial charge is 0.382 e. The Morgan fingerprint density at radius 2 is 1.77 bits per heavy atom. The van der Waals surface area contributed by atoms with Crippen LogP contribution >= 0.6 is 11.6 Å². The second kappa shape index (κ2) is 10.9. The van der Waals surface area contributed by atoms with Gasteiger partial charge < -0.3 is 22.9 Å². The number of nitrogens with zero attached hydrogens (tertiary/aromatic N) is 4.